The Morgan fingerprint density at radius 2 is 2.00 bits per heavy atom. The van der Waals surface area contributed by atoms with Gasteiger partial charge in [0, 0.05) is 62.2 Å². The van der Waals surface area contributed by atoms with Crippen molar-refractivity contribution in [1.29, 1.82) is 0 Å². The third-order valence-corrected chi connectivity index (χ3v) is 4.96. The third-order valence-electron chi connectivity index (χ3n) is 4.02. The Morgan fingerprint density at radius 3 is 2.63 bits per heavy atom. The molecule has 108 valence electrons. The molecule has 3 nitrogen and oxygen atoms in total. The van der Waals surface area contributed by atoms with Crippen LogP contribution in [0, 0.1) is 13.8 Å². The minimum Gasteiger partial charge on any atom is -0.349 e. The molecule has 2 heterocycles. The number of nitrogens with zero attached hydrogens (tertiary/aromatic N) is 2. The highest BCUT2D eigenvalue weighted by molar-refractivity contribution is 7.99. The molecule has 2 rings (SSSR count). The van der Waals surface area contributed by atoms with Crippen LogP contribution in [0.3, 0.4) is 0 Å². The van der Waals surface area contributed by atoms with Gasteiger partial charge in [-0.1, -0.05) is 0 Å². The van der Waals surface area contributed by atoms with Crippen LogP contribution < -0.4 is 5.32 Å². The van der Waals surface area contributed by atoms with Gasteiger partial charge in [0.25, 0.3) is 0 Å². The van der Waals surface area contributed by atoms with Crippen LogP contribution in [0.25, 0.3) is 0 Å². The second-order valence-corrected chi connectivity index (χ2v) is 6.50. The van der Waals surface area contributed by atoms with Crippen molar-refractivity contribution in [3.05, 3.63) is 23.0 Å². The number of rotatable bonds is 6. The first-order valence-corrected chi connectivity index (χ1v) is 8.54. The van der Waals surface area contributed by atoms with Crippen molar-refractivity contribution >= 4 is 11.8 Å². The highest BCUT2D eigenvalue weighted by Crippen LogP contribution is 2.14. The van der Waals surface area contributed by atoms with Gasteiger partial charge in [0.05, 0.1) is 0 Å². The summed E-state index contributed by atoms with van der Waals surface area (Å²) in [6.45, 7) is 13.5. The summed E-state index contributed by atoms with van der Waals surface area (Å²) in [5.41, 5.74) is 4.25. The molecule has 1 aliphatic rings. The first-order valence-electron chi connectivity index (χ1n) is 7.38. The molecule has 1 aliphatic heterocycles. The smallest absolute Gasteiger partial charge is 0.0223 e. The van der Waals surface area contributed by atoms with Gasteiger partial charge in [-0.05, 0) is 32.4 Å². The summed E-state index contributed by atoms with van der Waals surface area (Å²) in [5.74, 6) is 2.61. The molecule has 0 bridgehead atoms. The van der Waals surface area contributed by atoms with Crippen molar-refractivity contribution in [2.24, 2.45) is 0 Å². The number of aromatic nitrogens is 1. The zero-order valence-electron chi connectivity index (χ0n) is 12.5. The highest BCUT2D eigenvalue weighted by atomic mass is 32.2. The number of hydrogen-bond acceptors (Lipinski definition) is 3. The van der Waals surface area contributed by atoms with E-state index in [4.69, 9.17) is 0 Å². The Balaban J connectivity index is 1.73. The van der Waals surface area contributed by atoms with Crippen LogP contribution in [-0.2, 0) is 13.1 Å². The third kappa shape index (κ3) is 4.01. The van der Waals surface area contributed by atoms with E-state index in [1.165, 1.54) is 48.1 Å². The maximum Gasteiger partial charge on any atom is 0.0223 e. The second-order valence-electron chi connectivity index (χ2n) is 5.27. The molecular formula is C15H27N3S. The number of aryl methyl sites for hydroxylation is 1. The van der Waals surface area contributed by atoms with Crippen LogP contribution in [0.2, 0.25) is 0 Å². The normalized spacial score (nSPS) is 17.0. The van der Waals surface area contributed by atoms with Crippen molar-refractivity contribution < 1.29 is 0 Å². The van der Waals surface area contributed by atoms with Crippen LogP contribution in [0.1, 0.15) is 23.9 Å². The van der Waals surface area contributed by atoms with Crippen LogP contribution in [0.5, 0.6) is 0 Å². The first kappa shape index (κ1) is 14.9. The summed E-state index contributed by atoms with van der Waals surface area (Å²) < 4.78 is 2.39. The molecular weight excluding hydrogens is 254 g/mol. The molecule has 1 N–H and O–H groups in total. The topological polar surface area (TPSA) is 20.2 Å². The number of thioether (sulfide) groups is 1. The predicted molar refractivity (Wildman–Crippen MR) is 85.1 cm³/mol. The Labute approximate surface area is 121 Å². The number of hydrogen-bond donors (Lipinski definition) is 1. The van der Waals surface area contributed by atoms with E-state index in [2.05, 4.69) is 53.4 Å². The molecule has 19 heavy (non-hydrogen) atoms. The van der Waals surface area contributed by atoms with Crippen molar-refractivity contribution in [3.8, 4) is 0 Å². The summed E-state index contributed by atoms with van der Waals surface area (Å²) in [5, 5.41) is 3.59. The Bertz CT molecular complexity index is 394. The van der Waals surface area contributed by atoms with E-state index in [0.717, 1.165) is 19.6 Å². The van der Waals surface area contributed by atoms with E-state index >= 15 is 0 Å². The molecule has 1 saturated heterocycles. The van der Waals surface area contributed by atoms with Crippen molar-refractivity contribution in [2.45, 2.75) is 33.9 Å². The van der Waals surface area contributed by atoms with Gasteiger partial charge >= 0.3 is 0 Å². The quantitative estimate of drug-likeness (QED) is 0.808. The van der Waals surface area contributed by atoms with Crippen LogP contribution in [-0.4, -0.2) is 47.2 Å². The van der Waals surface area contributed by atoms with E-state index in [-0.39, 0.29) is 0 Å². The predicted octanol–water partition coefficient (Wildman–Crippen LogP) is 2.26. The lowest BCUT2D eigenvalue weighted by Gasteiger charge is -2.26. The molecule has 1 aromatic heterocycles. The SMILES string of the molecule is CCn1c(C)cc(CNCCN2CCSCC2)c1C. The van der Waals surface area contributed by atoms with Gasteiger partial charge in [-0.3, -0.25) is 0 Å². The highest BCUT2D eigenvalue weighted by Gasteiger charge is 2.10. The van der Waals surface area contributed by atoms with E-state index < -0.39 is 0 Å². The Kier molecular flexibility index (Phi) is 5.79. The van der Waals surface area contributed by atoms with Gasteiger partial charge in [-0.25, -0.2) is 0 Å². The second kappa shape index (κ2) is 7.36. The fourth-order valence-corrected chi connectivity index (χ4v) is 3.80. The lowest BCUT2D eigenvalue weighted by molar-refractivity contribution is 0.301. The average Bonchev–Trinajstić information content (AvgIpc) is 2.70. The zero-order valence-corrected chi connectivity index (χ0v) is 13.4. The maximum atomic E-state index is 3.59. The lowest BCUT2D eigenvalue weighted by Crippen LogP contribution is -2.37. The van der Waals surface area contributed by atoms with Crippen molar-refractivity contribution in [1.82, 2.24) is 14.8 Å². The van der Waals surface area contributed by atoms with Gasteiger partial charge in [0.2, 0.25) is 0 Å². The summed E-state index contributed by atoms with van der Waals surface area (Å²) in [6, 6.07) is 2.32. The molecule has 0 atom stereocenters. The molecule has 0 spiro atoms. The first-order chi connectivity index (χ1) is 9.22. The minimum atomic E-state index is 1.00. The van der Waals surface area contributed by atoms with E-state index in [0.29, 0.717) is 0 Å². The van der Waals surface area contributed by atoms with Gasteiger partial charge in [0.15, 0.2) is 0 Å². The summed E-state index contributed by atoms with van der Waals surface area (Å²) in [4.78, 5) is 2.57. The molecule has 0 amide bonds. The Hall–Kier alpha value is -0.450. The minimum absolute atomic E-state index is 1.00. The van der Waals surface area contributed by atoms with Crippen molar-refractivity contribution in [2.75, 3.05) is 37.7 Å². The largest absolute Gasteiger partial charge is 0.349 e. The molecule has 0 aliphatic carbocycles. The molecule has 0 radical (unpaired) electrons. The van der Waals surface area contributed by atoms with Gasteiger partial charge < -0.3 is 14.8 Å². The van der Waals surface area contributed by atoms with E-state index in [1.54, 1.807) is 0 Å². The fraction of sp³-hybridized carbons (Fsp3) is 0.733. The maximum absolute atomic E-state index is 3.59. The number of nitrogens with one attached hydrogen (secondary N) is 1. The summed E-state index contributed by atoms with van der Waals surface area (Å²) in [6.07, 6.45) is 0. The van der Waals surface area contributed by atoms with Crippen LogP contribution in [0.4, 0.5) is 0 Å². The summed E-state index contributed by atoms with van der Waals surface area (Å²) in [7, 11) is 0. The average molecular weight is 281 g/mol. The standard InChI is InChI=1S/C15H27N3S/c1-4-18-13(2)11-15(14(18)3)12-16-5-6-17-7-9-19-10-8-17/h11,16H,4-10,12H2,1-3H3. The molecule has 0 unspecified atom stereocenters. The fourth-order valence-electron chi connectivity index (χ4n) is 2.82. The monoisotopic (exact) mass is 281 g/mol. The lowest BCUT2D eigenvalue weighted by atomic mass is 10.2. The van der Waals surface area contributed by atoms with Gasteiger partial charge in [-0.2, -0.15) is 11.8 Å². The van der Waals surface area contributed by atoms with Crippen molar-refractivity contribution in [3.63, 3.8) is 0 Å². The van der Waals surface area contributed by atoms with Gasteiger partial charge in [-0.15, -0.1) is 0 Å². The van der Waals surface area contributed by atoms with Crippen LogP contribution in [0.15, 0.2) is 6.07 Å². The molecule has 1 fully saturated rings. The summed E-state index contributed by atoms with van der Waals surface area (Å²) >= 11 is 2.08. The van der Waals surface area contributed by atoms with E-state index in [9.17, 15) is 0 Å². The molecule has 0 aromatic carbocycles. The zero-order chi connectivity index (χ0) is 13.7. The molecule has 0 saturated carbocycles. The van der Waals surface area contributed by atoms with Gasteiger partial charge in [0.1, 0.15) is 0 Å². The van der Waals surface area contributed by atoms with Crippen LogP contribution >= 0.6 is 11.8 Å². The molecule has 1 aromatic rings. The molecule has 4 heteroatoms. The Morgan fingerprint density at radius 1 is 1.26 bits per heavy atom. The van der Waals surface area contributed by atoms with E-state index in [1.807, 2.05) is 0 Å².